The molecule has 5 nitrogen and oxygen atoms in total. The molecule has 4 rings (SSSR count). The zero-order chi connectivity index (χ0) is 22.1. The number of amides is 2. The van der Waals surface area contributed by atoms with Crippen molar-refractivity contribution in [3.05, 3.63) is 35.9 Å². The van der Waals surface area contributed by atoms with Gasteiger partial charge in [-0.2, -0.15) is 0 Å². The fourth-order valence-electron chi connectivity index (χ4n) is 6.48. The van der Waals surface area contributed by atoms with E-state index in [4.69, 9.17) is 0 Å². The van der Waals surface area contributed by atoms with Crippen LogP contribution < -0.4 is 0 Å². The summed E-state index contributed by atoms with van der Waals surface area (Å²) in [7, 11) is 0. The number of carbonyl (C=O) groups is 2. The molecule has 0 N–H and O–H groups in total. The van der Waals surface area contributed by atoms with E-state index in [1.807, 2.05) is 18.2 Å². The summed E-state index contributed by atoms with van der Waals surface area (Å²) in [5.74, 6) is 1.24. The molecule has 0 unspecified atom stereocenters. The number of likely N-dealkylation sites (tertiary alicyclic amines) is 3. The molecule has 0 aromatic heterocycles. The van der Waals surface area contributed by atoms with Crippen molar-refractivity contribution in [2.75, 3.05) is 45.8 Å². The number of fused-ring (bicyclic) bond motifs is 1. The molecule has 2 amide bonds. The molecule has 170 valence electrons. The first-order valence-electron chi connectivity index (χ1n) is 12.2. The summed E-state index contributed by atoms with van der Waals surface area (Å²) in [5, 5.41) is 0. The number of nitrogens with zero attached hydrogens (tertiary/aromatic N) is 3. The molecular formula is C26H39N3O2. The van der Waals surface area contributed by atoms with Crippen molar-refractivity contribution in [2.45, 2.75) is 52.9 Å². The predicted molar refractivity (Wildman–Crippen MR) is 124 cm³/mol. The van der Waals surface area contributed by atoms with Gasteiger partial charge in [-0.3, -0.25) is 9.59 Å². The van der Waals surface area contributed by atoms with Gasteiger partial charge >= 0.3 is 0 Å². The lowest BCUT2D eigenvalue weighted by molar-refractivity contribution is -0.144. The molecule has 1 aromatic rings. The van der Waals surface area contributed by atoms with Crippen LogP contribution in [0, 0.1) is 16.7 Å². The van der Waals surface area contributed by atoms with E-state index in [2.05, 4.69) is 47.6 Å². The third-order valence-corrected chi connectivity index (χ3v) is 8.09. The summed E-state index contributed by atoms with van der Waals surface area (Å²) in [5.41, 5.74) is 1.01. The van der Waals surface area contributed by atoms with Crippen molar-refractivity contribution in [3.63, 3.8) is 0 Å². The third kappa shape index (κ3) is 4.13. The first-order chi connectivity index (χ1) is 14.9. The summed E-state index contributed by atoms with van der Waals surface area (Å²) < 4.78 is 0. The van der Waals surface area contributed by atoms with Crippen LogP contribution in [0.2, 0.25) is 0 Å². The minimum atomic E-state index is -0.239. The highest BCUT2D eigenvalue weighted by molar-refractivity contribution is 5.87. The van der Waals surface area contributed by atoms with Gasteiger partial charge in [-0.1, -0.05) is 44.2 Å². The molecule has 2 spiro atoms. The van der Waals surface area contributed by atoms with E-state index in [1.165, 1.54) is 5.56 Å². The third-order valence-electron chi connectivity index (χ3n) is 8.09. The summed E-state index contributed by atoms with van der Waals surface area (Å²) >= 11 is 0. The lowest BCUT2D eigenvalue weighted by Crippen LogP contribution is -2.53. The highest BCUT2D eigenvalue weighted by Crippen LogP contribution is 2.57. The Labute approximate surface area is 187 Å². The van der Waals surface area contributed by atoms with Gasteiger partial charge in [0.15, 0.2) is 0 Å². The highest BCUT2D eigenvalue weighted by Gasteiger charge is 2.64. The van der Waals surface area contributed by atoms with E-state index >= 15 is 0 Å². The second-order valence-corrected chi connectivity index (χ2v) is 10.4. The first-order valence-corrected chi connectivity index (χ1v) is 12.2. The average molecular weight is 426 g/mol. The lowest BCUT2D eigenvalue weighted by Gasteiger charge is -2.47. The van der Waals surface area contributed by atoms with Crippen LogP contribution in [0.5, 0.6) is 0 Å². The van der Waals surface area contributed by atoms with Crippen LogP contribution in [0.15, 0.2) is 30.3 Å². The van der Waals surface area contributed by atoms with Gasteiger partial charge in [0.1, 0.15) is 0 Å². The van der Waals surface area contributed by atoms with Crippen molar-refractivity contribution in [3.8, 4) is 0 Å². The van der Waals surface area contributed by atoms with E-state index in [-0.39, 0.29) is 16.7 Å². The first kappa shape index (κ1) is 22.3. The Kier molecular flexibility index (Phi) is 6.43. The highest BCUT2D eigenvalue weighted by atomic mass is 16.2. The van der Waals surface area contributed by atoms with Crippen molar-refractivity contribution < 1.29 is 9.59 Å². The molecule has 1 aromatic carbocycles. The van der Waals surface area contributed by atoms with Gasteiger partial charge in [-0.25, -0.2) is 0 Å². The van der Waals surface area contributed by atoms with Crippen LogP contribution in [-0.4, -0.2) is 72.3 Å². The van der Waals surface area contributed by atoms with Crippen molar-refractivity contribution in [1.82, 2.24) is 14.7 Å². The van der Waals surface area contributed by atoms with Crippen LogP contribution in [0.4, 0.5) is 0 Å². The van der Waals surface area contributed by atoms with Crippen molar-refractivity contribution in [1.29, 1.82) is 0 Å². The standard InChI is InChI=1S/C26H39N3O2/c1-4-28-17-14-26(24(28)31)20-27(18-21(2)3)19-25(26)12-15-29(16-13-25)23(30)11-10-22-8-6-5-7-9-22/h5-9,21H,4,10-20H2,1-3H3/t26-/m0/s1. The van der Waals surface area contributed by atoms with Gasteiger partial charge in [0, 0.05) is 57.6 Å². The summed E-state index contributed by atoms with van der Waals surface area (Å²) in [6.45, 7) is 12.9. The summed E-state index contributed by atoms with van der Waals surface area (Å²) in [6.07, 6.45) is 4.28. The molecule has 0 aliphatic carbocycles. The Bertz CT molecular complexity index is 785. The largest absolute Gasteiger partial charge is 0.343 e. The smallest absolute Gasteiger partial charge is 0.230 e. The van der Waals surface area contributed by atoms with Gasteiger partial charge in [-0.15, -0.1) is 0 Å². The van der Waals surface area contributed by atoms with E-state index in [9.17, 15) is 9.59 Å². The van der Waals surface area contributed by atoms with E-state index < -0.39 is 0 Å². The molecule has 31 heavy (non-hydrogen) atoms. The fourth-order valence-corrected chi connectivity index (χ4v) is 6.48. The van der Waals surface area contributed by atoms with Crippen LogP contribution >= 0.6 is 0 Å². The minimum Gasteiger partial charge on any atom is -0.343 e. The van der Waals surface area contributed by atoms with E-state index in [1.54, 1.807) is 0 Å². The number of aryl methyl sites for hydroxylation is 1. The maximum Gasteiger partial charge on any atom is 0.230 e. The lowest BCUT2D eigenvalue weighted by atomic mass is 9.60. The molecule has 3 aliphatic rings. The molecule has 3 saturated heterocycles. The Hall–Kier alpha value is -1.88. The Morgan fingerprint density at radius 3 is 2.35 bits per heavy atom. The van der Waals surface area contributed by atoms with Crippen LogP contribution in [0.3, 0.4) is 0 Å². The molecular weight excluding hydrogens is 386 g/mol. The number of carbonyl (C=O) groups excluding carboxylic acids is 2. The van der Waals surface area contributed by atoms with Gasteiger partial charge < -0.3 is 14.7 Å². The van der Waals surface area contributed by atoms with Gasteiger partial charge in [-0.05, 0) is 44.1 Å². The van der Waals surface area contributed by atoms with Gasteiger partial charge in [0.05, 0.1) is 5.41 Å². The van der Waals surface area contributed by atoms with Crippen LogP contribution in [-0.2, 0) is 16.0 Å². The minimum absolute atomic E-state index is 0.0269. The molecule has 0 saturated carbocycles. The summed E-state index contributed by atoms with van der Waals surface area (Å²) in [4.78, 5) is 33.1. The Morgan fingerprint density at radius 2 is 1.74 bits per heavy atom. The molecule has 1 atom stereocenters. The van der Waals surface area contributed by atoms with Crippen molar-refractivity contribution in [2.24, 2.45) is 16.7 Å². The molecule has 3 heterocycles. The van der Waals surface area contributed by atoms with Crippen molar-refractivity contribution >= 4 is 11.8 Å². The molecule has 0 bridgehead atoms. The zero-order valence-electron chi connectivity index (χ0n) is 19.6. The van der Waals surface area contributed by atoms with E-state index in [0.717, 1.165) is 71.5 Å². The van der Waals surface area contributed by atoms with E-state index in [0.29, 0.717) is 18.2 Å². The zero-order valence-corrected chi connectivity index (χ0v) is 19.6. The Morgan fingerprint density at radius 1 is 1.03 bits per heavy atom. The average Bonchev–Trinajstić information content (AvgIpc) is 3.24. The maximum atomic E-state index is 13.6. The summed E-state index contributed by atoms with van der Waals surface area (Å²) in [6, 6.07) is 10.3. The number of piperidine rings is 1. The number of benzene rings is 1. The number of rotatable bonds is 6. The predicted octanol–water partition coefficient (Wildman–Crippen LogP) is 3.44. The molecule has 5 heteroatoms. The number of hydrogen-bond acceptors (Lipinski definition) is 3. The fraction of sp³-hybridized carbons (Fsp3) is 0.692. The van der Waals surface area contributed by atoms with Gasteiger partial charge in [0.25, 0.3) is 0 Å². The SMILES string of the molecule is CCN1CC[C@]2(CN(CC(C)C)CC23CCN(C(=O)CCc2ccccc2)CC3)C1=O. The Balaban J connectivity index is 1.44. The monoisotopic (exact) mass is 425 g/mol. The second-order valence-electron chi connectivity index (χ2n) is 10.4. The second kappa shape index (κ2) is 8.93. The number of hydrogen-bond donors (Lipinski definition) is 0. The molecule has 3 fully saturated rings. The normalized spacial score (nSPS) is 26.0. The maximum absolute atomic E-state index is 13.6. The quantitative estimate of drug-likeness (QED) is 0.701. The molecule has 3 aliphatic heterocycles. The van der Waals surface area contributed by atoms with Crippen LogP contribution in [0.1, 0.15) is 52.0 Å². The van der Waals surface area contributed by atoms with Crippen LogP contribution in [0.25, 0.3) is 0 Å². The van der Waals surface area contributed by atoms with Gasteiger partial charge in [0.2, 0.25) is 11.8 Å². The molecule has 0 radical (unpaired) electrons. The topological polar surface area (TPSA) is 43.9 Å².